The van der Waals surface area contributed by atoms with E-state index in [9.17, 15) is 0 Å². The number of amides is 4. The molecule has 0 fully saturated rings. The molecule has 2 atom stereocenters. The molecule has 7 heterocycles. The summed E-state index contributed by atoms with van der Waals surface area (Å²) >= 11 is 5.39. The van der Waals surface area contributed by atoms with Gasteiger partial charge in [0.25, 0.3) is 23.6 Å². The number of benzene rings is 3. The standard InChI is InChI=1S/C80H110N4O4S3/c1-7-11-15-19-23-27-29-33-37-41-44-57(43-39-35-31-25-21-17-13-9-3)53-83-77(85)60-47-55(5)67-71-68(60)62(79(83)87)52-82-74(71)70-59(64-50-66-76(91-64)75-65(90-66)48-56(6)89-75)49-61-69-63(51-81-73(67)72(69)70)80(88)84(78(61)86)54-58(45-40-36-32-26-22-18-14-10-4)46-42-38-34-30-28-24-20-16-12-8-2/h47-52,57-58H,7-46,53-54H2,1-6H3. The van der Waals surface area contributed by atoms with Crippen LogP contribution in [0, 0.1) is 25.7 Å². The number of pyridine rings is 2. The molecule has 0 bridgehead atoms. The highest BCUT2D eigenvalue weighted by Crippen LogP contribution is 2.53. The van der Waals surface area contributed by atoms with Crippen LogP contribution in [0.1, 0.15) is 336 Å². The van der Waals surface area contributed by atoms with E-state index in [2.05, 4.69) is 59.7 Å². The molecule has 492 valence electrons. The highest BCUT2D eigenvalue weighted by molar-refractivity contribution is 7.39. The van der Waals surface area contributed by atoms with Crippen LogP contribution in [0.25, 0.3) is 72.6 Å². The second kappa shape index (κ2) is 34.5. The molecule has 8 nitrogen and oxygen atoms in total. The minimum atomic E-state index is -0.266. The molecule has 5 aromatic heterocycles. The maximum absolute atomic E-state index is 15.7. The van der Waals surface area contributed by atoms with Crippen LogP contribution in [0.15, 0.2) is 36.7 Å². The van der Waals surface area contributed by atoms with E-state index in [0.717, 1.165) is 88.9 Å². The Morgan fingerprint density at radius 3 is 1.10 bits per heavy atom. The highest BCUT2D eigenvalue weighted by Gasteiger charge is 2.40. The van der Waals surface area contributed by atoms with Crippen molar-refractivity contribution < 1.29 is 19.2 Å². The molecule has 3 aromatic carbocycles. The number of imide groups is 2. The first-order chi connectivity index (χ1) is 44.6. The summed E-state index contributed by atoms with van der Waals surface area (Å²) in [6, 6.07) is 8.63. The molecule has 0 radical (unpaired) electrons. The number of rotatable bonds is 45. The first-order valence-electron chi connectivity index (χ1n) is 37.2. The zero-order chi connectivity index (χ0) is 63.6. The van der Waals surface area contributed by atoms with Crippen LogP contribution in [-0.2, 0) is 0 Å². The van der Waals surface area contributed by atoms with E-state index in [4.69, 9.17) is 9.97 Å². The van der Waals surface area contributed by atoms with Crippen LogP contribution in [0.4, 0.5) is 0 Å². The van der Waals surface area contributed by atoms with E-state index in [1.807, 2.05) is 28.7 Å². The Balaban J connectivity index is 0.977. The van der Waals surface area contributed by atoms with Gasteiger partial charge in [-0.3, -0.25) is 38.9 Å². The van der Waals surface area contributed by atoms with Crippen molar-refractivity contribution in [2.75, 3.05) is 13.1 Å². The average Bonchev–Trinajstić information content (AvgIpc) is 1.54. The third kappa shape index (κ3) is 16.5. The molecule has 0 N–H and O–H groups in total. The third-order valence-corrected chi connectivity index (χ3v) is 24.6. The van der Waals surface area contributed by atoms with E-state index in [0.29, 0.717) is 57.1 Å². The summed E-state index contributed by atoms with van der Waals surface area (Å²) < 4.78 is 5.02. The number of unbranched alkanes of at least 4 members (excludes halogenated alkanes) is 32. The smallest absolute Gasteiger partial charge is 0.262 e. The van der Waals surface area contributed by atoms with Gasteiger partial charge in [0.15, 0.2) is 0 Å². The fraction of sp³-hybridized carbons (Fsp3) is 0.625. The molecule has 10 rings (SSSR count). The number of carbonyl (C=O) groups excluding carboxylic acids is 4. The molecule has 2 unspecified atom stereocenters. The first-order valence-corrected chi connectivity index (χ1v) is 39.6. The van der Waals surface area contributed by atoms with Crippen LogP contribution in [-0.4, -0.2) is 56.5 Å². The summed E-state index contributed by atoms with van der Waals surface area (Å²) in [5.74, 6) is -0.538. The minimum absolute atomic E-state index is 0.217. The Bertz CT molecular complexity index is 3700. The predicted octanol–water partition coefficient (Wildman–Crippen LogP) is 25.4. The van der Waals surface area contributed by atoms with Gasteiger partial charge >= 0.3 is 0 Å². The number of hydrogen-bond donors (Lipinski definition) is 0. The maximum Gasteiger partial charge on any atom is 0.262 e. The second-order valence-electron chi connectivity index (χ2n) is 28.1. The largest absolute Gasteiger partial charge is 0.274 e. The zero-order valence-corrected chi connectivity index (χ0v) is 59.4. The minimum Gasteiger partial charge on any atom is -0.274 e. The summed E-state index contributed by atoms with van der Waals surface area (Å²) in [5.41, 5.74) is 5.09. The SMILES string of the molecule is CCCCCCCCCCCCC(CCCCCCCCCC)CN1C(=O)c2cnc3c4c(-c5cc6sc7cc(C)sc7c6s5)cc5c6c(cnc(c7c(C)cc(c2c37)C1=O)c64)C(=O)N(CC(CCCCCCCCCC)CCCCCCCCCCCC)C5=O. The second-order valence-corrected chi connectivity index (χ2v) is 31.5. The number of carbonyl (C=O) groups is 4. The Kier molecular flexibility index (Phi) is 26.2. The van der Waals surface area contributed by atoms with E-state index in [-0.39, 0.29) is 35.5 Å². The van der Waals surface area contributed by atoms with Crippen molar-refractivity contribution in [2.24, 2.45) is 11.8 Å². The molecule has 2 aliphatic heterocycles. The Labute approximate surface area is 558 Å². The lowest BCUT2D eigenvalue weighted by atomic mass is 9.82. The van der Waals surface area contributed by atoms with E-state index in [1.54, 1.807) is 33.5 Å². The van der Waals surface area contributed by atoms with Gasteiger partial charge in [-0.2, -0.15) is 0 Å². The summed E-state index contributed by atoms with van der Waals surface area (Å²) in [5, 5.41) is 4.45. The molecule has 4 amide bonds. The quantitative estimate of drug-likeness (QED) is 0.0163. The van der Waals surface area contributed by atoms with Crippen LogP contribution < -0.4 is 0 Å². The molecule has 0 aliphatic carbocycles. The van der Waals surface area contributed by atoms with Gasteiger partial charge in [0.05, 0.1) is 31.6 Å². The molecule has 0 saturated carbocycles. The lowest BCUT2D eigenvalue weighted by molar-refractivity contribution is 0.0562. The maximum atomic E-state index is 15.7. The van der Waals surface area contributed by atoms with Gasteiger partial charge in [-0.25, -0.2) is 0 Å². The first kappa shape index (κ1) is 69.0. The average molecular weight is 1290 g/mol. The highest BCUT2D eigenvalue weighted by atomic mass is 32.1. The molecule has 11 heteroatoms. The lowest BCUT2D eigenvalue weighted by Crippen LogP contribution is -2.43. The number of aryl methyl sites for hydroxylation is 2. The van der Waals surface area contributed by atoms with Crippen molar-refractivity contribution >= 4 is 120 Å². The van der Waals surface area contributed by atoms with Gasteiger partial charge < -0.3 is 0 Å². The molecule has 2 aliphatic rings. The van der Waals surface area contributed by atoms with Gasteiger partial charge in [-0.15, -0.1) is 34.0 Å². The Morgan fingerprint density at radius 2 is 0.681 bits per heavy atom. The molecular weight excluding hydrogens is 1180 g/mol. The van der Waals surface area contributed by atoms with E-state index < -0.39 is 0 Å². The molecule has 0 spiro atoms. The van der Waals surface area contributed by atoms with Crippen molar-refractivity contribution in [1.82, 2.24) is 19.8 Å². The fourth-order valence-corrected chi connectivity index (χ4v) is 19.6. The summed E-state index contributed by atoms with van der Waals surface area (Å²) in [4.78, 5) is 77.9. The Hall–Kier alpha value is -4.84. The normalized spacial score (nSPS) is 14.3. The van der Waals surface area contributed by atoms with Crippen molar-refractivity contribution in [3.05, 3.63) is 69.4 Å². The van der Waals surface area contributed by atoms with E-state index in [1.165, 1.54) is 229 Å². The van der Waals surface area contributed by atoms with Crippen molar-refractivity contribution in [3.63, 3.8) is 0 Å². The molecule has 8 aromatic rings. The van der Waals surface area contributed by atoms with Crippen LogP contribution >= 0.6 is 34.0 Å². The van der Waals surface area contributed by atoms with Gasteiger partial charge in [0, 0.05) is 93.6 Å². The number of hydrogen-bond acceptors (Lipinski definition) is 9. The van der Waals surface area contributed by atoms with Gasteiger partial charge in [0.2, 0.25) is 0 Å². The number of fused-ring (bicyclic) bond motifs is 5. The van der Waals surface area contributed by atoms with Crippen LogP contribution in [0.3, 0.4) is 0 Å². The summed E-state index contributed by atoms with van der Waals surface area (Å²) in [7, 11) is 0. The predicted molar refractivity (Wildman–Crippen MR) is 392 cm³/mol. The van der Waals surface area contributed by atoms with Crippen LogP contribution in [0.2, 0.25) is 0 Å². The van der Waals surface area contributed by atoms with Gasteiger partial charge in [-0.1, -0.05) is 259 Å². The van der Waals surface area contributed by atoms with Crippen molar-refractivity contribution in [1.29, 1.82) is 0 Å². The molecular formula is C80H110N4O4S3. The van der Waals surface area contributed by atoms with Gasteiger partial charge in [-0.05, 0) is 81.2 Å². The van der Waals surface area contributed by atoms with E-state index >= 15 is 19.2 Å². The van der Waals surface area contributed by atoms with Crippen molar-refractivity contribution in [3.8, 4) is 10.4 Å². The number of nitrogens with zero attached hydrogens (tertiary/aromatic N) is 4. The van der Waals surface area contributed by atoms with Crippen molar-refractivity contribution in [2.45, 2.75) is 298 Å². The summed E-state index contributed by atoms with van der Waals surface area (Å²) in [6.07, 6.45) is 53.1. The fourth-order valence-electron chi connectivity index (χ4n) is 15.7. The monoisotopic (exact) mass is 1290 g/mol. The van der Waals surface area contributed by atoms with Gasteiger partial charge in [0.1, 0.15) is 0 Å². The molecule has 91 heavy (non-hydrogen) atoms. The van der Waals surface area contributed by atoms with Crippen LogP contribution in [0.5, 0.6) is 0 Å². The molecule has 0 saturated heterocycles. The number of thiophene rings is 3. The zero-order valence-electron chi connectivity index (χ0n) is 57.0. The number of aromatic nitrogens is 2. The topological polar surface area (TPSA) is 101 Å². The third-order valence-electron chi connectivity index (χ3n) is 20.8. The summed E-state index contributed by atoms with van der Waals surface area (Å²) in [6.45, 7) is 14.2. The lowest BCUT2D eigenvalue weighted by Gasteiger charge is -2.33. The Morgan fingerprint density at radius 1 is 0.341 bits per heavy atom.